The molecule has 0 fully saturated rings. The van der Waals surface area contributed by atoms with Gasteiger partial charge < -0.3 is 5.73 Å². The number of H-pyrrole nitrogens is 1. The van der Waals surface area contributed by atoms with E-state index in [0.29, 0.717) is 11.5 Å². The van der Waals surface area contributed by atoms with Crippen LogP contribution in [0.1, 0.15) is 0 Å². The fourth-order valence-corrected chi connectivity index (χ4v) is 1.56. The second-order valence-electron chi connectivity index (χ2n) is 2.54. The molecule has 4 nitrogen and oxygen atoms in total. The maximum absolute atomic E-state index is 5.62. The molecule has 0 aliphatic heterocycles. The van der Waals surface area contributed by atoms with Gasteiger partial charge in [0.25, 0.3) is 0 Å². The average Bonchev–Trinajstić information content (AvgIpc) is 2.52. The van der Waals surface area contributed by atoms with Crippen LogP contribution in [0.3, 0.4) is 0 Å². The fourth-order valence-electron chi connectivity index (χ4n) is 1.09. The maximum Gasteiger partial charge on any atom is 0.173 e. The first kappa shape index (κ1) is 8.25. The van der Waals surface area contributed by atoms with Gasteiger partial charge >= 0.3 is 0 Å². The second kappa shape index (κ2) is 3.18. The molecular formula is C8H7BrN4. The summed E-state index contributed by atoms with van der Waals surface area (Å²) in [5.41, 5.74) is 7.23. The minimum absolute atomic E-state index is 0.409. The average molecular weight is 239 g/mol. The van der Waals surface area contributed by atoms with E-state index in [1.54, 1.807) is 0 Å². The summed E-state index contributed by atoms with van der Waals surface area (Å²) in [7, 11) is 0. The van der Waals surface area contributed by atoms with Crippen molar-refractivity contribution in [2.24, 2.45) is 0 Å². The first-order valence-corrected chi connectivity index (χ1v) is 4.49. The molecule has 0 atom stereocenters. The van der Waals surface area contributed by atoms with Crippen LogP contribution in [0.25, 0.3) is 11.3 Å². The lowest BCUT2D eigenvalue weighted by Gasteiger charge is -1.99. The normalized spacial score (nSPS) is 10.2. The van der Waals surface area contributed by atoms with Gasteiger partial charge in [0.2, 0.25) is 0 Å². The van der Waals surface area contributed by atoms with Crippen LogP contribution in [0.4, 0.5) is 5.82 Å². The third-order valence-corrected chi connectivity index (χ3v) is 2.40. The number of nitrogen functional groups attached to an aromatic ring is 1. The molecule has 2 aromatic rings. The monoisotopic (exact) mass is 238 g/mol. The van der Waals surface area contributed by atoms with Crippen LogP contribution in [-0.2, 0) is 0 Å². The third kappa shape index (κ3) is 1.42. The van der Waals surface area contributed by atoms with E-state index in [2.05, 4.69) is 31.3 Å². The Labute approximate surface area is 83.3 Å². The second-order valence-corrected chi connectivity index (χ2v) is 3.39. The van der Waals surface area contributed by atoms with Crippen LogP contribution in [0.15, 0.2) is 28.7 Å². The van der Waals surface area contributed by atoms with E-state index in [4.69, 9.17) is 5.73 Å². The summed E-state index contributed by atoms with van der Waals surface area (Å²) in [4.78, 5) is 0. The first-order chi connectivity index (χ1) is 6.29. The molecule has 0 unspecified atom stereocenters. The van der Waals surface area contributed by atoms with Crippen LogP contribution >= 0.6 is 15.9 Å². The minimum Gasteiger partial charge on any atom is -0.380 e. The summed E-state index contributed by atoms with van der Waals surface area (Å²) >= 11 is 3.41. The Balaban J connectivity index is 2.59. The largest absolute Gasteiger partial charge is 0.380 e. The number of halogens is 1. The van der Waals surface area contributed by atoms with Gasteiger partial charge in [0.15, 0.2) is 5.82 Å². The Hall–Kier alpha value is -1.36. The van der Waals surface area contributed by atoms with E-state index in [1.165, 1.54) is 0 Å². The highest BCUT2D eigenvalue weighted by Crippen LogP contribution is 2.28. The molecule has 1 aromatic heterocycles. The Morgan fingerprint density at radius 1 is 1.23 bits per heavy atom. The van der Waals surface area contributed by atoms with Crippen molar-refractivity contribution in [2.45, 2.75) is 0 Å². The van der Waals surface area contributed by atoms with E-state index in [0.717, 1.165) is 10.0 Å². The number of nitrogens with one attached hydrogen (secondary N) is 1. The number of anilines is 1. The molecule has 0 radical (unpaired) electrons. The summed E-state index contributed by atoms with van der Waals surface area (Å²) in [5, 5.41) is 10.2. The lowest BCUT2D eigenvalue weighted by molar-refractivity contribution is 0.945. The van der Waals surface area contributed by atoms with Crippen molar-refractivity contribution >= 4 is 21.7 Å². The number of hydrogen-bond donors (Lipinski definition) is 2. The van der Waals surface area contributed by atoms with Gasteiger partial charge in [0.05, 0.1) is 0 Å². The number of rotatable bonds is 1. The van der Waals surface area contributed by atoms with Crippen molar-refractivity contribution in [3.63, 3.8) is 0 Å². The van der Waals surface area contributed by atoms with E-state index in [9.17, 15) is 0 Å². The van der Waals surface area contributed by atoms with Crippen molar-refractivity contribution in [1.29, 1.82) is 0 Å². The van der Waals surface area contributed by atoms with E-state index in [1.807, 2.05) is 24.3 Å². The number of hydrogen-bond acceptors (Lipinski definition) is 3. The van der Waals surface area contributed by atoms with Gasteiger partial charge in [-0.2, -0.15) is 10.3 Å². The van der Waals surface area contributed by atoms with E-state index in [-0.39, 0.29) is 0 Å². The van der Waals surface area contributed by atoms with Crippen LogP contribution < -0.4 is 5.73 Å². The Morgan fingerprint density at radius 2 is 2.00 bits per heavy atom. The molecule has 2 rings (SSSR count). The molecule has 0 aliphatic rings. The molecule has 0 saturated carbocycles. The van der Waals surface area contributed by atoms with Gasteiger partial charge in [-0.05, 0) is 6.07 Å². The summed E-state index contributed by atoms with van der Waals surface area (Å²) < 4.78 is 0.954. The number of aromatic nitrogens is 3. The maximum atomic E-state index is 5.62. The summed E-state index contributed by atoms with van der Waals surface area (Å²) in [6.07, 6.45) is 0. The van der Waals surface area contributed by atoms with Gasteiger partial charge in [-0.25, -0.2) is 0 Å². The molecule has 0 bridgehead atoms. The molecular weight excluding hydrogens is 232 g/mol. The summed E-state index contributed by atoms with van der Waals surface area (Å²) in [5.74, 6) is 0.409. The topological polar surface area (TPSA) is 67.6 Å². The highest BCUT2D eigenvalue weighted by Gasteiger charge is 2.08. The van der Waals surface area contributed by atoms with Crippen LogP contribution in [0, 0.1) is 0 Å². The minimum atomic E-state index is 0.409. The molecule has 66 valence electrons. The zero-order chi connectivity index (χ0) is 9.26. The third-order valence-electron chi connectivity index (χ3n) is 1.70. The number of benzene rings is 1. The number of aromatic amines is 1. The zero-order valence-electron chi connectivity index (χ0n) is 6.66. The van der Waals surface area contributed by atoms with Gasteiger partial charge in [0.1, 0.15) is 5.69 Å². The molecule has 3 N–H and O–H groups in total. The lowest BCUT2D eigenvalue weighted by atomic mass is 10.1. The van der Waals surface area contributed by atoms with Gasteiger partial charge in [-0.1, -0.05) is 34.1 Å². The van der Waals surface area contributed by atoms with Crippen molar-refractivity contribution in [2.75, 3.05) is 5.73 Å². The quantitative estimate of drug-likeness (QED) is 0.797. The van der Waals surface area contributed by atoms with Gasteiger partial charge in [0, 0.05) is 10.0 Å². The predicted octanol–water partition coefficient (Wildman–Crippen LogP) is 1.82. The summed E-state index contributed by atoms with van der Waals surface area (Å²) in [6.45, 7) is 0. The number of nitrogens with zero attached hydrogens (tertiary/aromatic N) is 2. The zero-order valence-corrected chi connectivity index (χ0v) is 8.25. The predicted molar refractivity (Wildman–Crippen MR) is 53.9 cm³/mol. The smallest absolute Gasteiger partial charge is 0.173 e. The van der Waals surface area contributed by atoms with Crippen molar-refractivity contribution in [3.05, 3.63) is 28.7 Å². The molecule has 0 amide bonds. The molecule has 13 heavy (non-hydrogen) atoms. The van der Waals surface area contributed by atoms with E-state index < -0.39 is 0 Å². The number of nitrogens with two attached hydrogens (primary N) is 1. The van der Waals surface area contributed by atoms with Crippen LogP contribution in [0.5, 0.6) is 0 Å². The Bertz CT molecular complexity index is 424. The molecule has 5 heteroatoms. The van der Waals surface area contributed by atoms with Crippen molar-refractivity contribution < 1.29 is 0 Å². The Kier molecular flexibility index (Phi) is 2.02. The lowest BCUT2D eigenvalue weighted by Crippen LogP contribution is -1.88. The Morgan fingerprint density at radius 3 is 2.62 bits per heavy atom. The SMILES string of the molecule is Nc1n[nH]nc1-c1ccccc1Br. The van der Waals surface area contributed by atoms with Crippen LogP contribution in [-0.4, -0.2) is 15.4 Å². The molecule has 0 spiro atoms. The van der Waals surface area contributed by atoms with Gasteiger partial charge in [-0.3, -0.25) is 0 Å². The highest BCUT2D eigenvalue weighted by molar-refractivity contribution is 9.10. The molecule has 0 aliphatic carbocycles. The highest BCUT2D eigenvalue weighted by atomic mass is 79.9. The molecule has 0 saturated heterocycles. The molecule has 1 aromatic carbocycles. The van der Waals surface area contributed by atoms with Crippen molar-refractivity contribution in [1.82, 2.24) is 15.4 Å². The van der Waals surface area contributed by atoms with Gasteiger partial charge in [-0.15, -0.1) is 5.10 Å². The van der Waals surface area contributed by atoms with Crippen LogP contribution in [0.2, 0.25) is 0 Å². The molecule has 1 heterocycles. The first-order valence-electron chi connectivity index (χ1n) is 3.70. The van der Waals surface area contributed by atoms with Crippen molar-refractivity contribution in [3.8, 4) is 11.3 Å². The van der Waals surface area contributed by atoms with E-state index >= 15 is 0 Å². The fraction of sp³-hybridized carbons (Fsp3) is 0. The summed E-state index contributed by atoms with van der Waals surface area (Å²) in [6, 6.07) is 7.72. The standard InChI is InChI=1S/C8H7BrN4/c9-6-4-2-1-3-5(6)7-8(10)12-13-11-7/h1-4H,(H3,10,11,12,13).